The van der Waals surface area contributed by atoms with E-state index in [9.17, 15) is 30.7 Å². The molecule has 2 N–H and O–H groups in total. The Morgan fingerprint density at radius 1 is 0.844 bits per heavy atom. The van der Waals surface area contributed by atoms with E-state index in [1.165, 1.54) is 25.1 Å². The number of anilines is 1. The van der Waals surface area contributed by atoms with Gasteiger partial charge in [-0.3, -0.25) is 0 Å². The predicted octanol–water partition coefficient (Wildman–Crippen LogP) is 4.92. The number of hydrogen-bond donors (Lipinski definition) is 1. The summed E-state index contributed by atoms with van der Waals surface area (Å²) in [7, 11) is 0. The molecule has 13 heteroatoms. The fourth-order valence-electron chi connectivity index (χ4n) is 3.12. The van der Waals surface area contributed by atoms with Crippen molar-refractivity contribution < 1.29 is 30.7 Å². The summed E-state index contributed by atoms with van der Waals surface area (Å²) in [6.07, 6.45) is -9.77. The molecule has 0 aliphatic heterocycles. The first kappa shape index (κ1) is 21.5. The summed E-state index contributed by atoms with van der Waals surface area (Å²) >= 11 is 0. The molecule has 3 aromatic heterocycles. The molecule has 6 nitrogen and oxygen atoms in total. The topological polar surface area (TPSA) is 82.0 Å². The van der Waals surface area contributed by atoms with E-state index in [0.29, 0.717) is 10.6 Å². The van der Waals surface area contributed by atoms with Gasteiger partial charge in [-0.05, 0) is 48.9 Å². The van der Waals surface area contributed by atoms with Gasteiger partial charge in [0.2, 0.25) is 5.95 Å². The number of nitrogens with two attached hydrogens (primary N) is 1. The van der Waals surface area contributed by atoms with Gasteiger partial charge in [0, 0.05) is 11.3 Å². The Hall–Kier alpha value is -3.77. The van der Waals surface area contributed by atoms with Gasteiger partial charge in [-0.25, -0.2) is 19.3 Å². The van der Waals surface area contributed by atoms with Crippen molar-refractivity contribution in [3.8, 4) is 22.4 Å². The number of alkyl halides is 6. The second-order valence-electron chi connectivity index (χ2n) is 6.75. The number of nitrogen functional groups attached to an aromatic ring is 1. The maximum absolute atomic E-state index is 13.4. The molecule has 4 aromatic rings. The highest BCUT2D eigenvalue weighted by molar-refractivity contribution is 5.90. The number of aryl methyl sites for hydroxylation is 1. The molecule has 32 heavy (non-hydrogen) atoms. The number of pyridine rings is 1. The van der Waals surface area contributed by atoms with Crippen LogP contribution >= 0.6 is 0 Å². The van der Waals surface area contributed by atoms with Crippen LogP contribution in [0.1, 0.15) is 17.2 Å². The highest BCUT2D eigenvalue weighted by atomic mass is 19.4. The van der Waals surface area contributed by atoms with Gasteiger partial charge in [0.15, 0.2) is 5.65 Å². The molecule has 4 rings (SSSR count). The van der Waals surface area contributed by atoms with Crippen molar-refractivity contribution in [2.24, 2.45) is 0 Å². The first-order valence-electron chi connectivity index (χ1n) is 8.80. The lowest BCUT2D eigenvalue weighted by atomic mass is 9.99. The Balaban J connectivity index is 2.12. The number of nitrogens with zero attached hydrogens (tertiary/aromatic N) is 5. The SMILES string of the molecule is Cc1cc(-c2c(-c3ccc(F)cc3)nc(N)n3nc(C(F)(F)F)nc23)cc(C(F)(F)F)n1. The fourth-order valence-corrected chi connectivity index (χ4v) is 3.12. The van der Waals surface area contributed by atoms with Gasteiger partial charge in [-0.1, -0.05) is 0 Å². The third kappa shape index (κ3) is 3.81. The van der Waals surface area contributed by atoms with E-state index in [2.05, 4.69) is 20.1 Å². The van der Waals surface area contributed by atoms with E-state index in [-0.39, 0.29) is 28.1 Å². The molecule has 0 aliphatic carbocycles. The van der Waals surface area contributed by atoms with Crippen molar-refractivity contribution >= 4 is 11.6 Å². The number of rotatable bonds is 2. The summed E-state index contributed by atoms with van der Waals surface area (Å²) in [5, 5.41) is 3.31. The van der Waals surface area contributed by atoms with E-state index in [0.717, 1.165) is 12.1 Å². The van der Waals surface area contributed by atoms with Gasteiger partial charge in [0.1, 0.15) is 11.5 Å². The van der Waals surface area contributed by atoms with Crippen LogP contribution in [-0.2, 0) is 12.4 Å². The van der Waals surface area contributed by atoms with Crippen molar-refractivity contribution in [2.45, 2.75) is 19.3 Å². The molecule has 3 heterocycles. The number of aromatic nitrogens is 5. The van der Waals surface area contributed by atoms with Crippen LogP contribution in [0, 0.1) is 12.7 Å². The smallest absolute Gasteiger partial charge is 0.368 e. The maximum Gasteiger partial charge on any atom is 0.453 e. The molecule has 0 amide bonds. The minimum atomic E-state index is -4.95. The second kappa shape index (κ2) is 7.14. The third-order valence-corrected chi connectivity index (χ3v) is 4.41. The van der Waals surface area contributed by atoms with Crippen molar-refractivity contribution in [3.05, 3.63) is 59.4 Å². The van der Waals surface area contributed by atoms with Crippen LogP contribution in [-0.4, -0.2) is 24.6 Å². The Bertz CT molecular complexity index is 1320. The van der Waals surface area contributed by atoms with Gasteiger partial charge in [0.05, 0.1) is 11.3 Å². The van der Waals surface area contributed by atoms with E-state index in [1.807, 2.05) is 0 Å². The van der Waals surface area contributed by atoms with Crippen molar-refractivity contribution in [1.82, 2.24) is 24.6 Å². The van der Waals surface area contributed by atoms with Gasteiger partial charge in [-0.2, -0.15) is 30.9 Å². The summed E-state index contributed by atoms with van der Waals surface area (Å²) in [5.74, 6) is -2.65. The second-order valence-corrected chi connectivity index (χ2v) is 6.75. The molecule has 0 spiro atoms. The zero-order chi connectivity index (χ0) is 23.4. The predicted molar refractivity (Wildman–Crippen MR) is 98.6 cm³/mol. The first-order valence-corrected chi connectivity index (χ1v) is 8.80. The van der Waals surface area contributed by atoms with E-state index in [1.54, 1.807) is 0 Å². The molecule has 0 saturated carbocycles. The average Bonchev–Trinajstić information content (AvgIpc) is 3.13. The molecule has 0 bridgehead atoms. The summed E-state index contributed by atoms with van der Waals surface area (Å²) in [6, 6.07) is 6.54. The van der Waals surface area contributed by atoms with Crippen molar-refractivity contribution in [2.75, 3.05) is 5.73 Å². The molecule has 0 atom stereocenters. The number of hydrogen-bond acceptors (Lipinski definition) is 5. The number of halogens is 7. The standard InChI is InChI=1S/C19H11F7N6/c1-8-6-10(7-12(28-8)18(21,22)23)13-14(9-2-4-11(20)5-3-9)29-17(27)32-15(13)30-16(31-32)19(24,25)26/h2-7H,1H3,(H2,27,29). The van der Waals surface area contributed by atoms with Crippen LogP contribution in [0.15, 0.2) is 36.4 Å². The zero-order valence-corrected chi connectivity index (χ0v) is 15.9. The van der Waals surface area contributed by atoms with Gasteiger partial charge >= 0.3 is 12.4 Å². The molecule has 166 valence electrons. The molecule has 0 radical (unpaired) electrons. The molecular weight excluding hydrogens is 445 g/mol. The molecule has 1 aromatic carbocycles. The van der Waals surface area contributed by atoms with E-state index < -0.39 is 41.3 Å². The van der Waals surface area contributed by atoms with Crippen molar-refractivity contribution in [1.29, 1.82) is 0 Å². The molecular formula is C19H11F7N6. The highest BCUT2D eigenvalue weighted by Gasteiger charge is 2.38. The fraction of sp³-hybridized carbons (Fsp3) is 0.158. The van der Waals surface area contributed by atoms with Gasteiger partial charge in [0.25, 0.3) is 5.82 Å². The van der Waals surface area contributed by atoms with Crippen LogP contribution in [0.4, 0.5) is 36.7 Å². The lowest BCUT2D eigenvalue weighted by Gasteiger charge is -2.14. The van der Waals surface area contributed by atoms with Crippen LogP contribution in [0.2, 0.25) is 0 Å². The molecule has 0 aliphatic rings. The van der Waals surface area contributed by atoms with Gasteiger partial charge < -0.3 is 5.73 Å². The summed E-state index contributed by atoms with van der Waals surface area (Å²) < 4.78 is 93.8. The minimum Gasteiger partial charge on any atom is -0.368 e. The minimum absolute atomic E-state index is 0.0505. The summed E-state index contributed by atoms with van der Waals surface area (Å²) in [5.41, 5.74) is 3.71. The van der Waals surface area contributed by atoms with Crippen LogP contribution in [0.3, 0.4) is 0 Å². The molecule has 0 unspecified atom stereocenters. The normalized spacial score (nSPS) is 12.5. The van der Waals surface area contributed by atoms with Gasteiger partial charge in [-0.15, -0.1) is 5.10 Å². The highest BCUT2D eigenvalue weighted by Crippen LogP contribution is 2.39. The monoisotopic (exact) mass is 456 g/mol. The Morgan fingerprint density at radius 2 is 1.50 bits per heavy atom. The Kier molecular flexibility index (Phi) is 4.79. The Morgan fingerprint density at radius 3 is 2.09 bits per heavy atom. The molecule has 0 saturated heterocycles. The number of benzene rings is 1. The van der Waals surface area contributed by atoms with Crippen LogP contribution < -0.4 is 5.73 Å². The lowest BCUT2D eigenvalue weighted by molar-refractivity contribution is -0.144. The third-order valence-electron chi connectivity index (χ3n) is 4.41. The number of fused-ring (bicyclic) bond motifs is 1. The Labute approximate surface area is 174 Å². The lowest BCUT2D eigenvalue weighted by Crippen LogP contribution is -2.10. The van der Waals surface area contributed by atoms with Crippen LogP contribution in [0.25, 0.3) is 28.0 Å². The quantitative estimate of drug-likeness (QED) is 0.433. The van der Waals surface area contributed by atoms with E-state index in [4.69, 9.17) is 5.73 Å². The zero-order valence-electron chi connectivity index (χ0n) is 15.9. The van der Waals surface area contributed by atoms with Crippen LogP contribution in [0.5, 0.6) is 0 Å². The summed E-state index contributed by atoms with van der Waals surface area (Å²) in [4.78, 5) is 11.0. The van der Waals surface area contributed by atoms with Crippen molar-refractivity contribution in [3.63, 3.8) is 0 Å². The van der Waals surface area contributed by atoms with E-state index >= 15 is 0 Å². The largest absolute Gasteiger partial charge is 0.453 e. The molecule has 0 fully saturated rings. The maximum atomic E-state index is 13.4. The average molecular weight is 456 g/mol. The summed E-state index contributed by atoms with van der Waals surface area (Å²) in [6.45, 7) is 1.29. The first-order chi connectivity index (χ1) is 14.8.